The van der Waals surface area contributed by atoms with Crippen LogP contribution in [0.1, 0.15) is 11.1 Å². The minimum atomic E-state index is -0.391. The Bertz CT molecular complexity index is 586. The Morgan fingerprint density at radius 1 is 1.16 bits per heavy atom. The highest BCUT2D eigenvalue weighted by Gasteiger charge is 2.08. The van der Waals surface area contributed by atoms with Crippen molar-refractivity contribution in [2.75, 3.05) is 6.54 Å². The molecule has 100 valence electrons. The van der Waals surface area contributed by atoms with Gasteiger partial charge in [-0.3, -0.25) is 0 Å². The molecule has 0 heterocycles. The van der Waals surface area contributed by atoms with Gasteiger partial charge in [0.15, 0.2) is 11.6 Å². The number of ether oxygens (including phenoxy) is 1. The fourth-order valence-corrected chi connectivity index (χ4v) is 2.09. The van der Waals surface area contributed by atoms with Crippen molar-refractivity contribution in [3.8, 4) is 11.5 Å². The molecule has 0 atom stereocenters. The van der Waals surface area contributed by atoms with Crippen molar-refractivity contribution in [2.24, 2.45) is 5.73 Å². The second kappa shape index (κ2) is 6.17. The first-order valence-electron chi connectivity index (χ1n) is 6.02. The summed E-state index contributed by atoms with van der Waals surface area (Å²) in [6.45, 7) is 2.51. The van der Waals surface area contributed by atoms with Crippen LogP contribution in [0, 0.1) is 12.7 Å². The fourth-order valence-electron chi connectivity index (χ4n) is 1.75. The van der Waals surface area contributed by atoms with Crippen molar-refractivity contribution in [3.63, 3.8) is 0 Å². The summed E-state index contributed by atoms with van der Waals surface area (Å²) in [5, 5.41) is 0. The predicted molar refractivity (Wildman–Crippen MR) is 78.1 cm³/mol. The van der Waals surface area contributed by atoms with Crippen LogP contribution in [0.3, 0.4) is 0 Å². The number of rotatable bonds is 4. The van der Waals surface area contributed by atoms with Gasteiger partial charge >= 0.3 is 0 Å². The van der Waals surface area contributed by atoms with Gasteiger partial charge in [-0.1, -0.05) is 28.1 Å². The molecule has 2 N–H and O–H groups in total. The lowest BCUT2D eigenvalue weighted by Gasteiger charge is -2.11. The molecule has 2 rings (SSSR count). The van der Waals surface area contributed by atoms with Crippen molar-refractivity contribution in [3.05, 3.63) is 57.8 Å². The van der Waals surface area contributed by atoms with Crippen molar-refractivity contribution in [2.45, 2.75) is 13.3 Å². The summed E-state index contributed by atoms with van der Waals surface area (Å²) in [6, 6.07) is 10.6. The van der Waals surface area contributed by atoms with Gasteiger partial charge in [-0.05, 0) is 55.3 Å². The SMILES string of the molecule is Cc1ccc(CCN)cc1Oc1ccc(Br)cc1F. The maximum Gasteiger partial charge on any atom is 0.166 e. The third kappa shape index (κ3) is 3.55. The molecule has 0 aromatic heterocycles. The Morgan fingerprint density at radius 3 is 2.63 bits per heavy atom. The molecule has 0 amide bonds. The minimum Gasteiger partial charge on any atom is -0.454 e. The maximum absolute atomic E-state index is 13.7. The third-order valence-corrected chi connectivity index (χ3v) is 3.29. The number of nitrogens with two attached hydrogens (primary N) is 1. The zero-order chi connectivity index (χ0) is 13.8. The first kappa shape index (κ1) is 14.0. The van der Waals surface area contributed by atoms with Gasteiger partial charge < -0.3 is 10.5 Å². The molecule has 2 aromatic rings. The van der Waals surface area contributed by atoms with E-state index in [4.69, 9.17) is 10.5 Å². The zero-order valence-corrected chi connectivity index (χ0v) is 12.2. The van der Waals surface area contributed by atoms with Gasteiger partial charge in [-0.15, -0.1) is 0 Å². The molecular formula is C15H15BrFNO. The molecule has 2 aromatic carbocycles. The van der Waals surface area contributed by atoms with Crippen LogP contribution < -0.4 is 10.5 Å². The van der Waals surface area contributed by atoms with Crippen molar-refractivity contribution >= 4 is 15.9 Å². The van der Waals surface area contributed by atoms with Crippen LogP contribution in [0.4, 0.5) is 4.39 Å². The molecule has 0 aliphatic carbocycles. The Balaban J connectivity index is 2.29. The summed E-state index contributed by atoms with van der Waals surface area (Å²) in [7, 11) is 0. The van der Waals surface area contributed by atoms with E-state index >= 15 is 0 Å². The average Bonchev–Trinajstić information content (AvgIpc) is 2.37. The van der Waals surface area contributed by atoms with Gasteiger partial charge in [0.05, 0.1) is 0 Å². The van der Waals surface area contributed by atoms with Crippen LogP contribution in [0.25, 0.3) is 0 Å². The number of aryl methyl sites for hydroxylation is 1. The molecule has 0 saturated heterocycles. The van der Waals surface area contributed by atoms with E-state index in [1.54, 1.807) is 12.1 Å². The summed E-state index contributed by atoms with van der Waals surface area (Å²) in [5.41, 5.74) is 7.58. The minimum absolute atomic E-state index is 0.219. The highest BCUT2D eigenvalue weighted by Crippen LogP contribution is 2.29. The van der Waals surface area contributed by atoms with Crippen molar-refractivity contribution in [1.82, 2.24) is 0 Å². The lowest BCUT2D eigenvalue weighted by molar-refractivity contribution is 0.439. The predicted octanol–water partition coefficient (Wildman–Crippen LogP) is 4.19. The summed E-state index contributed by atoms with van der Waals surface area (Å²) in [5.74, 6) is 0.487. The Morgan fingerprint density at radius 2 is 1.95 bits per heavy atom. The highest BCUT2D eigenvalue weighted by atomic mass is 79.9. The topological polar surface area (TPSA) is 35.2 Å². The molecule has 0 saturated carbocycles. The lowest BCUT2D eigenvalue weighted by atomic mass is 10.1. The lowest BCUT2D eigenvalue weighted by Crippen LogP contribution is -2.03. The highest BCUT2D eigenvalue weighted by molar-refractivity contribution is 9.10. The van der Waals surface area contributed by atoms with E-state index in [-0.39, 0.29) is 5.75 Å². The molecule has 0 aliphatic rings. The van der Waals surface area contributed by atoms with E-state index in [0.29, 0.717) is 16.8 Å². The largest absolute Gasteiger partial charge is 0.454 e. The molecular weight excluding hydrogens is 309 g/mol. The molecule has 0 bridgehead atoms. The van der Waals surface area contributed by atoms with Crippen molar-refractivity contribution in [1.29, 1.82) is 0 Å². The molecule has 4 heteroatoms. The third-order valence-electron chi connectivity index (χ3n) is 2.80. The summed E-state index contributed by atoms with van der Waals surface area (Å²) >= 11 is 3.22. The zero-order valence-electron chi connectivity index (χ0n) is 10.6. The molecule has 0 fully saturated rings. The first-order chi connectivity index (χ1) is 9.10. The Labute approximate surface area is 120 Å². The van der Waals surface area contributed by atoms with E-state index in [1.165, 1.54) is 6.07 Å². The van der Waals surface area contributed by atoms with Crippen molar-refractivity contribution < 1.29 is 9.13 Å². The second-order valence-corrected chi connectivity index (χ2v) is 5.23. The molecule has 0 spiro atoms. The van der Waals surface area contributed by atoms with Crippen LogP contribution >= 0.6 is 15.9 Å². The van der Waals surface area contributed by atoms with Gasteiger partial charge in [0.25, 0.3) is 0 Å². The van der Waals surface area contributed by atoms with E-state index in [2.05, 4.69) is 15.9 Å². The van der Waals surface area contributed by atoms with Gasteiger partial charge in [0.2, 0.25) is 0 Å². The Hall–Kier alpha value is -1.39. The van der Waals surface area contributed by atoms with Gasteiger partial charge in [-0.25, -0.2) is 4.39 Å². The molecule has 0 unspecified atom stereocenters. The van der Waals surface area contributed by atoms with E-state index in [9.17, 15) is 4.39 Å². The normalized spacial score (nSPS) is 10.5. The quantitative estimate of drug-likeness (QED) is 0.915. The summed E-state index contributed by atoms with van der Waals surface area (Å²) in [4.78, 5) is 0. The first-order valence-corrected chi connectivity index (χ1v) is 6.82. The van der Waals surface area contributed by atoms with Crippen LogP contribution in [-0.4, -0.2) is 6.54 Å². The summed E-state index contributed by atoms with van der Waals surface area (Å²) in [6.07, 6.45) is 0.777. The number of benzene rings is 2. The molecule has 2 nitrogen and oxygen atoms in total. The van der Waals surface area contributed by atoms with E-state index in [0.717, 1.165) is 17.5 Å². The van der Waals surface area contributed by atoms with E-state index < -0.39 is 5.82 Å². The number of halogens is 2. The van der Waals surface area contributed by atoms with Crippen LogP contribution in [0.15, 0.2) is 40.9 Å². The number of hydrogen-bond acceptors (Lipinski definition) is 2. The fraction of sp³-hybridized carbons (Fsp3) is 0.200. The van der Waals surface area contributed by atoms with Gasteiger partial charge in [0.1, 0.15) is 5.75 Å². The van der Waals surface area contributed by atoms with Crippen LogP contribution in [-0.2, 0) is 6.42 Å². The average molecular weight is 324 g/mol. The smallest absolute Gasteiger partial charge is 0.166 e. The van der Waals surface area contributed by atoms with Crippen LogP contribution in [0.5, 0.6) is 11.5 Å². The van der Waals surface area contributed by atoms with Gasteiger partial charge in [-0.2, -0.15) is 0 Å². The van der Waals surface area contributed by atoms with Crippen LogP contribution in [0.2, 0.25) is 0 Å². The second-order valence-electron chi connectivity index (χ2n) is 4.32. The maximum atomic E-state index is 13.7. The van der Waals surface area contributed by atoms with E-state index in [1.807, 2.05) is 25.1 Å². The molecule has 0 aliphatic heterocycles. The molecule has 0 radical (unpaired) electrons. The monoisotopic (exact) mass is 323 g/mol. The Kier molecular flexibility index (Phi) is 4.56. The van der Waals surface area contributed by atoms with Gasteiger partial charge in [0, 0.05) is 4.47 Å². The number of hydrogen-bond donors (Lipinski definition) is 1. The summed E-state index contributed by atoms with van der Waals surface area (Å²) < 4.78 is 20.1. The molecule has 19 heavy (non-hydrogen) atoms. The standard InChI is InChI=1S/C15H15BrFNO/c1-10-2-3-11(6-7-18)8-15(10)19-14-5-4-12(16)9-13(14)17/h2-5,8-9H,6-7,18H2,1H3.